The Morgan fingerprint density at radius 3 is 1.92 bits per heavy atom. The van der Waals surface area contributed by atoms with Gasteiger partial charge in [0.1, 0.15) is 43.8 Å². The van der Waals surface area contributed by atoms with E-state index in [2.05, 4.69) is 0 Å². The van der Waals surface area contributed by atoms with E-state index in [-0.39, 0.29) is 49.1 Å². The van der Waals surface area contributed by atoms with Crippen molar-refractivity contribution in [3.8, 4) is 0 Å². The van der Waals surface area contributed by atoms with Gasteiger partial charge in [-0.15, -0.1) is 0 Å². The zero-order valence-corrected chi connectivity index (χ0v) is 15.1. The summed E-state index contributed by atoms with van der Waals surface area (Å²) in [6, 6.07) is 4.12. The Bertz CT molecular complexity index is 771. The molecule has 0 spiro atoms. The van der Waals surface area contributed by atoms with E-state index in [0.717, 1.165) is 0 Å². The fraction of sp³-hybridized carbons (Fsp3) is 0.294. The summed E-state index contributed by atoms with van der Waals surface area (Å²) in [6.45, 7) is -0.830. The molecule has 3 rings (SSSR count). The van der Waals surface area contributed by atoms with Crippen LogP contribution in [0.15, 0.2) is 40.9 Å². The fourth-order valence-corrected chi connectivity index (χ4v) is 3.48. The summed E-state index contributed by atoms with van der Waals surface area (Å²) in [5.74, 6) is -3.06. The second kappa shape index (κ2) is 7.22. The van der Waals surface area contributed by atoms with Gasteiger partial charge in [-0.2, -0.15) is 0 Å². The van der Waals surface area contributed by atoms with Crippen LogP contribution in [0.2, 0.25) is 0 Å². The van der Waals surface area contributed by atoms with Crippen LogP contribution in [0.25, 0.3) is 0 Å². The molecule has 0 saturated heterocycles. The maximum Gasteiger partial charge on any atom is 0.188 e. The standard InChI is InChI=1S/C17H14FIO6/c18-9-2-1-8(3-10(9)19)15(16-11(20)4-24-5-12(16)21)17-13(22)6-25-7-14(17)23/h1-3,15,20,22H,4-7H2. The van der Waals surface area contributed by atoms with Crippen LogP contribution >= 0.6 is 22.6 Å². The molecule has 6 nitrogen and oxygen atoms in total. The third kappa shape index (κ3) is 3.46. The maximum absolute atomic E-state index is 13.6. The highest BCUT2D eigenvalue weighted by molar-refractivity contribution is 14.1. The molecule has 8 heteroatoms. The van der Waals surface area contributed by atoms with E-state index in [0.29, 0.717) is 9.13 Å². The van der Waals surface area contributed by atoms with E-state index in [4.69, 9.17) is 9.47 Å². The number of carbonyl (C=O) groups is 2. The monoisotopic (exact) mass is 460 g/mol. The highest BCUT2D eigenvalue weighted by atomic mass is 127. The van der Waals surface area contributed by atoms with Crippen molar-refractivity contribution in [2.24, 2.45) is 0 Å². The topological polar surface area (TPSA) is 93.1 Å². The molecule has 2 N–H and O–H groups in total. The molecule has 0 atom stereocenters. The third-order valence-corrected chi connectivity index (χ3v) is 4.85. The first-order valence-electron chi connectivity index (χ1n) is 7.41. The number of Topliss-reactive ketones (excluding diaryl/α,β-unsaturated/α-hetero) is 2. The highest BCUT2D eigenvalue weighted by Gasteiger charge is 2.38. The lowest BCUT2D eigenvalue weighted by molar-refractivity contribution is -0.122. The van der Waals surface area contributed by atoms with Crippen molar-refractivity contribution in [1.29, 1.82) is 0 Å². The molecule has 2 aliphatic heterocycles. The second-order valence-corrected chi connectivity index (χ2v) is 6.82. The average Bonchev–Trinajstić information content (AvgIpc) is 2.55. The molecule has 0 aromatic heterocycles. The lowest BCUT2D eigenvalue weighted by atomic mass is 9.79. The zero-order chi connectivity index (χ0) is 18.1. The van der Waals surface area contributed by atoms with Crippen molar-refractivity contribution in [2.75, 3.05) is 26.4 Å². The number of rotatable bonds is 3. The first-order valence-corrected chi connectivity index (χ1v) is 8.49. The summed E-state index contributed by atoms with van der Waals surface area (Å²) in [5, 5.41) is 20.4. The van der Waals surface area contributed by atoms with Crippen molar-refractivity contribution in [1.82, 2.24) is 0 Å². The Hall–Kier alpha value is -1.78. The van der Waals surface area contributed by atoms with E-state index in [9.17, 15) is 24.2 Å². The molecule has 1 aromatic rings. The van der Waals surface area contributed by atoms with Gasteiger partial charge >= 0.3 is 0 Å². The third-order valence-electron chi connectivity index (χ3n) is 4.02. The number of benzene rings is 1. The van der Waals surface area contributed by atoms with Crippen LogP contribution in [0.5, 0.6) is 0 Å². The Kier molecular flexibility index (Phi) is 5.21. The van der Waals surface area contributed by atoms with E-state index in [1.165, 1.54) is 18.2 Å². The smallest absolute Gasteiger partial charge is 0.188 e. The van der Waals surface area contributed by atoms with Crippen LogP contribution in [-0.4, -0.2) is 48.2 Å². The molecule has 25 heavy (non-hydrogen) atoms. The Morgan fingerprint density at radius 1 is 0.960 bits per heavy atom. The fourth-order valence-electron chi connectivity index (χ4n) is 2.94. The van der Waals surface area contributed by atoms with Gasteiger partial charge in [0.2, 0.25) is 0 Å². The van der Waals surface area contributed by atoms with Crippen molar-refractivity contribution in [3.05, 3.63) is 55.8 Å². The van der Waals surface area contributed by atoms with Crippen molar-refractivity contribution < 1.29 is 33.7 Å². The summed E-state index contributed by atoms with van der Waals surface area (Å²) >= 11 is 1.79. The molecule has 0 radical (unpaired) electrons. The number of ketones is 2. The Morgan fingerprint density at radius 2 is 1.48 bits per heavy atom. The molecule has 132 valence electrons. The lowest BCUT2D eigenvalue weighted by Crippen LogP contribution is -2.32. The summed E-state index contributed by atoms with van der Waals surface area (Å²) in [5.41, 5.74) is 0.371. The van der Waals surface area contributed by atoms with Crippen molar-refractivity contribution in [3.63, 3.8) is 0 Å². The number of hydrogen-bond acceptors (Lipinski definition) is 6. The molecular weight excluding hydrogens is 446 g/mol. The highest BCUT2D eigenvalue weighted by Crippen LogP contribution is 2.38. The molecule has 0 amide bonds. The molecule has 0 unspecified atom stereocenters. The van der Waals surface area contributed by atoms with Gasteiger partial charge in [0.05, 0.1) is 0 Å². The van der Waals surface area contributed by atoms with Crippen molar-refractivity contribution in [2.45, 2.75) is 5.92 Å². The lowest BCUT2D eigenvalue weighted by Gasteiger charge is -2.28. The Labute approximate surface area is 156 Å². The van der Waals surface area contributed by atoms with Crippen LogP contribution in [-0.2, 0) is 19.1 Å². The first kappa shape index (κ1) is 18.0. The van der Waals surface area contributed by atoms with Crippen LogP contribution in [0.3, 0.4) is 0 Å². The molecule has 0 fully saturated rings. The van der Waals surface area contributed by atoms with Crippen molar-refractivity contribution >= 4 is 34.2 Å². The van der Waals surface area contributed by atoms with E-state index in [1.807, 2.05) is 0 Å². The summed E-state index contributed by atoms with van der Waals surface area (Å²) in [4.78, 5) is 24.7. The van der Waals surface area contributed by atoms with Crippen LogP contribution < -0.4 is 0 Å². The zero-order valence-electron chi connectivity index (χ0n) is 12.9. The van der Waals surface area contributed by atoms with E-state index >= 15 is 0 Å². The molecule has 0 saturated carbocycles. The van der Waals surface area contributed by atoms with Gasteiger partial charge in [-0.05, 0) is 40.3 Å². The minimum Gasteiger partial charge on any atom is -0.509 e. The number of halogens is 2. The number of aliphatic hydroxyl groups is 2. The average molecular weight is 460 g/mol. The van der Waals surface area contributed by atoms with E-state index < -0.39 is 23.3 Å². The van der Waals surface area contributed by atoms with Gasteiger partial charge in [0, 0.05) is 20.6 Å². The van der Waals surface area contributed by atoms with Crippen LogP contribution in [0, 0.1) is 9.39 Å². The predicted octanol–water partition coefficient (Wildman–Crippen LogP) is 2.34. The predicted molar refractivity (Wildman–Crippen MR) is 92.8 cm³/mol. The van der Waals surface area contributed by atoms with Crippen LogP contribution in [0.4, 0.5) is 4.39 Å². The number of carbonyl (C=O) groups excluding carboxylic acids is 2. The minimum atomic E-state index is -1.01. The minimum absolute atomic E-state index is 0.0227. The summed E-state index contributed by atoms with van der Waals surface area (Å²) < 4.78 is 23.9. The number of hydrogen-bond donors (Lipinski definition) is 2. The van der Waals surface area contributed by atoms with Gasteiger partial charge in [-0.1, -0.05) is 6.07 Å². The molecule has 2 aliphatic rings. The summed E-state index contributed by atoms with van der Waals surface area (Å²) in [7, 11) is 0. The number of ether oxygens (including phenoxy) is 2. The first-order chi connectivity index (χ1) is 11.9. The van der Waals surface area contributed by atoms with E-state index in [1.54, 1.807) is 22.6 Å². The molecule has 0 aliphatic carbocycles. The normalized spacial score (nSPS) is 19.2. The van der Waals surface area contributed by atoms with Gasteiger partial charge in [0.25, 0.3) is 0 Å². The second-order valence-electron chi connectivity index (χ2n) is 5.66. The Balaban J connectivity index is 2.23. The van der Waals surface area contributed by atoms with Gasteiger partial charge in [-0.25, -0.2) is 4.39 Å². The molecule has 2 heterocycles. The van der Waals surface area contributed by atoms with Crippen LogP contribution in [0.1, 0.15) is 11.5 Å². The van der Waals surface area contributed by atoms with Gasteiger partial charge in [-0.3, -0.25) is 9.59 Å². The maximum atomic E-state index is 13.6. The molecule has 1 aromatic carbocycles. The number of aliphatic hydroxyl groups excluding tert-OH is 2. The van der Waals surface area contributed by atoms with Gasteiger partial charge in [0.15, 0.2) is 11.6 Å². The largest absolute Gasteiger partial charge is 0.509 e. The summed E-state index contributed by atoms with van der Waals surface area (Å²) in [6.07, 6.45) is 0. The quantitative estimate of drug-likeness (QED) is 0.673. The van der Waals surface area contributed by atoms with Gasteiger partial charge < -0.3 is 19.7 Å². The molecule has 0 bridgehead atoms. The SMILES string of the molecule is O=C1COCC(O)=C1C(C1=C(O)COCC1=O)c1ccc(F)c(I)c1. The molecular formula is C17H14FIO6.